The summed E-state index contributed by atoms with van der Waals surface area (Å²) in [5.41, 5.74) is 6.85. The van der Waals surface area contributed by atoms with Crippen molar-refractivity contribution >= 4 is 46.5 Å². The number of nitrogens with zero attached hydrogens (tertiary/aromatic N) is 3. The van der Waals surface area contributed by atoms with Crippen LogP contribution in [0.4, 0.5) is 5.82 Å². The number of benzene rings is 2. The molecule has 5 rings (SSSR count). The van der Waals surface area contributed by atoms with Crippen LogP contribution in [0.25, 0.3) is 17.0 Å². The molecule has 45 heavy (non-hydrogen) atoms. The van der Waals surface area contributed by atoms with E-state index in [2.05, 4.69) is 16.2 Å². The molecule has 0 spiro atoms. The normalized spacial score (nSPS) is 23.7. The van der Waals surface area contributed by atoms with Crippen molar-refractivity contribution in [1.29, 1.82) is 0 Å². The number of hydrogen-bond acceptors (Lipinski definition) is 9. The van der Waals surface area contributed by atoms with Crippen LogP contribution in [0, 0.1) is 5.41 Å². The van der Waals surface area contributed by atoms with E-state index in [4.69, 9.17) is 9.72 Å². The average Bonchev–Trinajstić information content (AvgIpc) is 3.03. The Morgan fingerprint density at radius 1 is 1.02 bits per heavy atom. The number of nitrogens with one attached hydrogen (secondary N) is 3. The first-order valence-electron chi connectivity index (χ1n) is 14.9. The number of phenols is 1. The molecule has 2 aliphatic rings. The van der Waals surface area contributed by atoms with Gasteiger partial charge in [-0.2, -0.15) is 0 Å². The van der Waals surface area contributed by atoms with Crippen LogP contribution in [0.2, 0.25) is 0 Å². The fraction of sp³-hybridized carbons (Fsp3) is 0.364. The van der Waals surface area contributed by atoms with Crippen molar-refractivity contribution in [2.24, 2.45) is 5.41 Å². The second-order valence-corrected chi connectivity index (χ2v) is 12.0. The first kappa shape index (κ1) is 31.5. The van der Waals surface area contributed by atoms with Gasteiger partial charge < -0.3 is 15.2 Å². The number of fused-ring (bicyclic) bond motifs is 4. The molecular weight excluding hydrogens is 576 g/mol. The maximum atomic E-state index is 13.5. The minimum Gasteiger partial charge on any atom is -0.508 e. The van der Waals surface area contributed by atoms with Crippen molar-refractivity contribution in [3.8, 4) is 5.75 Å². The van der Waals surface area contributed by atoms with Crippen LogP contribution in [-0.4, -0.2) is 70.6 Å². The van der Waals surface area contributed by atoms with Crippen molar-refractivity contribution in [3.05, 3.63) is 71.8 Å². The molecule has 2 aromatic carbocycles. The molecule has 1 aromatic heterocycles. The molecule has 12 nitrogen and oxygen atoms in total. The third kappa shape index (κ3) is 7.40. The van der Waals surface area contributed by atoms with Crippen molar-refractivity contribution in [1.82, 2.24) is 26.2 Å². The van der Waals surface area contributed by atoms with Crippen LogP contribution in [0.3, 0.4) is 0 Å². The highest BCUT2D eigenvalue weighted by Gasteiger charge is 2.35. The first-order valence-corrected chi connectivity index (χ1v) is 14.9. The summed E-state index contributed by atoms with van der Waals surface area (Å²) >= 11 is 0. The van der Waals surface area contributed by atoms with Gasteiger partial charge in [-0.05, 0) is 75.1 Å². The lowest BCUT2D eigenvalue weighted by atomic mass is 9.92. The number of ether oxygens (including phenoxy) is 1. The Balaban J connectivity index is 1.49. The van der Waals surface area contributed by atoms with E-state index in [0.717, 1.165) is 10.9 Å². The number of aromatic nitrogens is 1. The van der Waals surface area contributed by atoms with E-state index in [-0.39, 0.29) is 18.1 Å². The molecule has 0 radical (unpaired) electrons. The lowest BCUT2D eigenvalue weighted by Crippen LogP contribution is -2.62. The molecule has 3 heterocycles. The fourth-order valence-corrected chi connectivity index (χ4v) is 5.14. The topological polar surface area (TPSA) is 153 Å². The predicted molar refractivity (Wildman–Crippen MR) is 168 cm³/mol. The molecule has 3 aromatic rings. The quantitative estimate of drug-likeness (QED) is 0.319. The number of phenolic OH excluding ortho intramolecular Hbond substituents is 1. The maximum Gasteiger partial charge on any atom is 0.316 e. The van der Waals surface area contributed by atoms with Crippen LogP contribution in [0.15, 0.2) is 60.7 Å². The smallest absolute Gasteiger partial charge is 0.316 e. The Morgan fingerprint density at radius 3 is 2.51 bits per heavy atom. The summed E-state index contributed by atoms with van der Waals surface area (Å²) < 4.78 is 5.80. The Labute approximate surface area is 261 Å². The third-order valence-corrected chi connectivity index (χ3v) is 7.94. The van der Waals surface area contributed by atoms with E-state index >= 15 is 0 Å². The molecule has 0 saturated carbocycles. The SMILES string of the molecule is CC1NC(=O)C(Cc2ccc(O)cc2)OC(=O)C(C)(C)/C=C/c2ccc3ccc(nc3c2)N(C)NC(=O)C2CCCN(N2)C1=O. The van der Waals surface area contributed by atoms with Crippen molar-refractivity contribution in [3.63, 3.8) is 0 Å². The lowest BCUT2D eigenvalue weighted by Gasteiger charge is -2.35. The van der Waals surface area contributed by atoms with Gasteiger partial charge >= 0.3 is 5.97 Å². The number of anilines is 1. The maximum absolute atomic E-state index is 13.5. The number of aromatic hydroxyl groups is 1. The molecule has 236 valence electrons. The zero-order chi connectivity index (χ0) is 32.3. The summed E-state index contributed by atoms with van der Waals surface area (Å²) in [7, 11) is 1.69. The Bertz CT molecular complexity index is 1640. The van der Waals surface area contributed by atoms with Gasteiger partial charge in [-0.25, -0.2) is 10.4 Å². The van der Waals surface area contributed by atoms with Crippen LogP contribution < -0.4 is 21.2 Å². The first-order chi connectivity index (χ1) is 21.4. The number of hydrogen-bond donors (Lipinski definition) is 4. The van der Waals surface area contributed by atoms with Crippen LogP contribution in [-0.2, 0) is 30.3 Å². The monoisotopic (exact) mass is 614 g/mol. The summed E-state index contributed by atoms with van der Waals surface area (Å²) in [5.74, 6) is -1.47. The molecule has 1 saturated heterocycles. The highest BCUT2D eigenvalue weighted by atomic mass is 16.5. The lowest BCUT2D eigenvalue weighted by molar-refractivity contribution is -0.162. The summed E-state index contributed by atoms with van der Waals surface area (Å²) in [6.45, 7) is 5.27. The van der Waals surface area contributed by atoms with Crippen molar-refractivity contribution < 1.29 is 29.0 Å². The van der Waals surface area contributed by atoms with Gasteiger partial charge in [-0.1, -0.05) is 36.4 Å². The molecule has 4 N–H and O–H groups in total. The fourth-order valence-electron chi connectivity index (χ4n) is 5.14. The van der Waals surface area contributed by atoms with Crippen LogP contribution >= 0.6 is 0 Å². The summed E-state index contributed by atoms with van der Waals surface area (Å²) in [6.07, 6.45) is 3.34. The Morgan fingerprint density at radius 2 is 1.76 bits per heavy atom. The zero-order valence-corrected chi connectivity index (χ0v) is 25.7. The average molecular weight is 615 g/mol. The van der Waals surface area contributed by atoms with Gasteiger partial charge in [0.05, 0.1) is 10.9 Å². The second-order valence-electron chi connectivity index (χ2n) is 12.0. The van der Waals surface area contributed by atoms with E-state index < -0.39 is 41.4 Å². The van der Waals surface area contributed by atoms with E-state index in [1.54, 1.807) is 51.2 Å². The predicted octanol–water partition coefficient (Wildman–Crippen LogP) is 2.62. The summed E-state index contributed by atoms with van der Waals surface area (Å²) in [4.78, 5) is 58.3. The zero-order valence-electron chi connectivity index (χ0n) is 25.7. The standard InChI is InChI=1S/C33H38N6O6/c1-20-31(43)39-17-5-6-25(36-39)29(41)37-38(4)28-14-11-23-10-7-22(18-26(23)35-28)15-16-33(2,3)32(44)45-27(30(42)34-20)19-21-8-12-24(40)13-9-21/h7-16,18,20,25,27,36,40H,5-6,17,19H2,1-4H3,(H,34,42)(H,37,41)/b16-15+. The van der Waals surface area contributed by atoms with Gasteiger partial charge in [0.2, 0.25) is 0 Å². The van der Waals surface area contributed by atoms with Gasteiger partial charge in [0.1, 0.15) is 23.7 Å². The molecule has 3 unspecified atom stereocenters. The van der Waals surface area contributed by atoms with E-state index in [9.17, 15) is 24.3 Å². The minimum atomic E-state index is -1.26. The van der Waals surface area contributed by atoms with Gasteiger partial charge in [0.25, 0.3) is 17.7 Å². The number of pyridine rings is 1. The molecular formula is C33H38N6O6. The summed E-state index contributed by atoms with van der Waals surface area (Å²) in [6, 6.07) is 14.0. The number of cyclic esters (lactones) is 1. The van der Waals surface area contributed by atoms with E-state index in [0.29, 0.717) is 36.3 Å². The van der Waals surface area contributed by atoms with Crippen LogP contribution in [0.1, 0.15) is 44.7 Å². The Kier molecular flexibility index (Phi) is 9.05. The molecule has 12 heteroatoms. The van der Waals surface area contributed by atoms with Crippen molar-refractivity contribution in [2.75, 3.05) is 18.6 Å². The third-order valence-electron chi connectivity index (χ3n) is 7.94. The number of carbonyl (C=O) groups is 4. The number of hydrazine groups is 2. The highest BCUT2D eigenvalue weighted by Crippen LogP contribution is 2.25. The van der Waals surface area contributed by atoms with Crippen molar-refractivity contribution in [2.45, 2.75) is 58.2 Å². The summed E-state index contributed by atoms with van der Waals surface area (Å²) in [5, 5.41) is 16.2. The molecule has 1 fully saturated rings. The van der Waals surface area contributed by atoms with Gasteiger partial charge in [0.15, 0.2) is 6.10 Å². The van der Waals surface area contributed by atoms with E-state index in [1.807, 2.05) is 24.3 Å². The molecule has 5 bridgehead atoms. The van der Waals surface area contributed by atoms with Crippen LogP contribution in [0.5, 0.6) is 5.75 Å². The van der Waals surface area contributed by atoms with E-state index in [1.165, 1.54) is 29.1 Å². The Hall–Kier alpha value is -4.97. The van der Waals surface area contributed by atoms with Gasteiger partial charge in [-0.15, -0.1) is 0 Å². The number of rotatable bonds is 2. The van der Waals surface area contributed by atoms with Gasteiger partial charge in [-0.3, -0.25) is 34.6 Å². The van der Waals surface area contributed by atoms with Gasteiger partial charge in [0, 0.05) is 25.4 Å². The minimum absolute atomic E-state index is 0.0228. The molecule has 2 aliphatic heterocycles. The number of amides is 3. The second kappa shape index (κ2) is 12.9. The highest BCUT2D eigenvalue weighted by molar-refractivity contribution is 5.92. The number of carbonyl (C=O) groups excluding carboxylic acids is 4. The molecule has 3 atom stereocenters. The largest absolute Gasteiger partial charge is 0.508 e. The molecule has 3 amide bonds. The molecule has 0 aliphatic carbocycles. The number of esters is 1.